The highest BCUT2D eigenvalue weighted by Gasteiger charge is 2.45. The van der Waals surface area contributed by atoms with E-state index in [1.165, 1.54) is 35.7 Å². The Labute approximate surface area is 291 Å². The van der Waals surface area contributed by atoms with Gasteiger partial charge in [0, 0.05) is 67.6 Å². The molecule has 3 aliphatic heterocycles. The summed E-state index contributed by atoms with van der Waals surface area (Å²) < 4.78 is 45.0. The number of benzene rings is 2. The molecule has 3 aliphatic rings. The fraction of sp³-hybridized carbons (Fsp3) is 0.371. The molecule has 0 radical (unpaired) electrons. The minimum atomic E-state index is -3.16. The van der Waals surface area contributed by atoms with Gasteiger partial charge in [-0.15, -0.1) is 10.2 Å². The Morgan fingerprint density at radius 1 is 1.00 bits per heavy atom. The molecule has 13 nitrogen and oxygen atoms in total. The van der Waals surface area contributed by atoms with Crippen LogP contribution in [0.3, 0.4) is 0 Å². The predicted octanol–water partition coefficient (Wildman–Crippen LogP) is 3.93. The van der Waals surface area contributed by atoms with E-state index in [2.05, 4.69) is 31.7 Å². The molecular weight excluding hydrogens is 665 g/mol. The van der Waals surface area contributed by atoms with Crippen LogP contribution < -0.4 is 5.12 Å². The summed E-state index contributed by atoms with van der Waals surface area (Å²) in [5, 5.41) is 41.7. The van der Waals surface area contributed by atoms with Gasteiger partial charge in [-0.25, -0.2) is 38.0 Å². The lowest BCUT2D eigenvalue weighted by Crippen LogP contribution is -2.60. The monoisotopic (exact) mass is 702 g/mol. The molecule has 7 rings (SSSR count). The normalized spacial score (nSPS) is 24.0. The Morgan fingerprint density at radius 3 is 2.59 bits per heavy atom. The topological polar surface area (TPSA) is 151 Å². The van der Waals surface area contributed by atoms with Crippen LogP contribution in [0.1, 0.15) is 37.8 Å². The van der Waals surface area contributed by atoms with Crippen molar-refractivity contribution in [3.63, 3.8) is 0 Å². The lowest BCUT2D eigenvalue weighted by molar-refractivity contribution is -0.402. The Bertz CT molecular complexity index is 2080. The minimum Gasteiger partial charge on any atom is -0.351 e. The van der Waals surface area contributed by atoms with Gasteiger partial charge in [0.15, 0.2) is 5.82 Å². The van der Waals surface area contributed by atoms with Crippen molar-refractivity contribution in [1.29, 1.82) is 0 Å². The summed E-state index contributed by atoms with van der Waals surface area (Å²) in [5.74, 6) is -0.545. The standard InChI is InChI=1S/C35H37F3N10O3/c1-4-29-31-12-22(18-46(31)34-20(2)17-41-48(42-19-40-34)30-7-6-23(36)15-26(30)38)13-32-39-9-8-27(44-32)25-14-24(37)16-28-33(25)45(21(3)43-28)10-5-11-47(29)35(49,50)51/h6-9,14-17,19,22,29,31,49-51H,2,4-5,10-13,18H2,1,3H3/b40-34+,41-17-,42-19-. The minimum absolute atomic E-state index is 0.0725. The van der Waals surface area contributed by atoms with E-state index < -0.39 is 35.6 Å². The maximum Gasteiger partial charge on any atom is 0.346 e. The zero-order valence-electron chi connectivity index (χ0n) is 28.0. The molecule has 4 aromatic rings. The number of aromatic nitrogens is 4. The summed E-state index contributed by atoms with van der Waals surface area (Å²) in [7, 11) is 0. The van der Waals surface area contributed by atoms with E-state index in [9.17, 15) is 28.5 Å². The summed E-state index contributed by atoms with van der Waals surface area (Å²) in [6, 6.07) is 6.57. The lowest BCUT2D eigenvalue weighted by Gasteiger charge is -2.43. The molecular formula is C35H37F3N10O3. The van der Waals surface area contributed by atoms with Crippen molar-refractivity contribution in [3.8, 4) is 11.3 Å². The number of amidine groups is 1. The van der Waals surface area contributed by atoms with Gasteiger partial charge in [-0.05, 0) is 56.4 Å². The second kappa shape index (κ2) is 13.6. The molecule has 3 N–H and O–H groups in total. The Morgan fingerprint density at radius 2 is 1.82 bits per heavy atom. The first kappa shape index (κ1) is 34.4. The number of anilines is 1. The molecule has 0 amide bonds. The van der Waals surface area contributed by atoms with Crippen molar-refractivity contribution in [2.45, 2.75) is 64.3 Å². The van der Waals surface area contributed by atoms with Crippen LogP contribution in [0.5, 0.6) is 0 Å². The molecule has 2 aromatic heterocycles. The van der Waals surface area contributed by atoms with Crippen LogP contribution in [0.15, 0.2) is 69.9 Å². The molecule has 0 aliphatic carbocycles. The molecule has 2 aromatic carbocycles. The summed E-state index contributed by atoms with van der Waals surface area (Å²) in [4.78, 5) is 21.9. The van der Waals surface area contributed by atoms with Crippen molar-refractivity contribution < 1.29 is 28.5 Å². The van der Waals surface area contributed by atoms with E-state index in [1.807, 2.05) is 23.3 Å². The lowest BCUT2D eigenvalue weighted by atomic mass is 9.94. The first-order valence-electron chi connectivity index (χ1n) is 16.7. The smallest absolute Gasteiger partial charge is 0.346 e. The second-order valence-corrected chi connectivity index (χ2v) is 13.0. The number of halogens is 3. The first-order chi connectivity index (χ1) is 24.4. The van der Waals surface area contributed by atoms with Gasteiger partial charge in [0.25, 0.3) is 0 Å². The average molecular weight is 703 g/mol. The van der Waals surface area contributed by atoms with E-state index >= 15 is 0 Å². The quantitative estimate of drug-likeness (QED) is 0.270. The Balaban J connectivity index is 1.29. The first-order valence-corrected chi connectivity index (χ1v) is 16.7. The van der Waals surface area contributed by atoms with Gasteiger partial charge in [-0.2, -0.15) is 5.10 Å². The van der Waals surface area contributed by atoms with Crippen LogP contribution in [0.25, 0.3) is 22.3 Å². The highest BCUT2D eigenvalue weighted by molar-refractivity contribution is 6.16. The van der Waals surface area contributed by atoms with Gasteiger partial charge < -0.3 is 24.8 Å². The SMILES string of the molecule is C=C1/C=N\N(c2ccc(F)cc2F)/N=C\N=C/1N1CC2Cc3nccc(n3)-c3cc(F)cc4nc(C)n(c34)CCCN(C(O)(O)O)C(CC)C1C2. The highest BCUT2D eigenvalue weighted by Crippen LogP contribution is 2.36. The fourth-order valence-electron chi connectivity index (χ4n) is 7.53. The number of fused-ring (bicyclic) bond motifs is 5. The van der Waals surface area contributed by atoms with Crippen LogP contribution in [0, 0.1) is 30.3 Å². The number of hydrogen-bond acceptors (Lipinski definition) is 12. The zero-order chi connectivity index (χ0) is 36.0. The molecule has 16 heteroatoms. The summed E-state index contributed by atoms with van der Waals surface area (Å²) >= 11 is 0. The number of imidazole rings is 1. The van der Waals surface area contributed by atoms with E-state index in [-0.39, 0.29) is 18.2 Å². The number of aliphatic hydroxyl groups is 3. The third-order valence-electron chi connectivity index (χ3n) is 9.66. The number of aryl methyl sites for hydroxylation is 2. The third kappa shape index (κ3) is 6.74. The van der Waals surface area contributed by atoms with Crippen molar-refractivity contribution in [1.82, 2.24) is 29.3 Å². The van der Waals surface area contributed by atoms with E-state index in [1.54, 1.807) is 12.3 Å². The number of rotatable bonds is 3. The largest absolute Gasteiger partial charge is 0.351 e. The molecule has 3 unspecified atom stereocenters. The molecule has 0 saturated carbocycles. The zero-order valence-corrected chi connectivity index (χ0v) is 28.0. The number of likely N-dealkylation sites (tertiary alicyclic amines) is 1. The average Bonchev–Trinajstić information content (AvgIpc) is 3.61. The number of aliphatic imine (C=N–C) groups is 1. The van der Waals surface area contributed by atoms with Gasteiger partial charge in [0.1, 0.15) is 41.1 Å². The Hall–Kier alpha value is -5.03. The van der Waals surface area contributed by atoms with Crippen LogP contribution in [0.4, 0.5) is 18.9 Å². The van der Waals surface area contributed by atoms with Crippen molar-refractivity contribution in [2.75, 3.05) is 18.2 Å². The van der Waals surface area contributed by atoms with E-state index in [4.69, 9.17) is 4.98 Å². The number of hydrogen-bond donors (Lipinski definition) is 3. The molecule has 4 bridgehead atoms. The molecule has 0 spiro atoms. The Kier molecular flexibility index (Phi) is 9.18. The molecule has 5 heterocycles. The van der Waals surface area contributed by atoms with E-state index in [0.717, 1.165) is 17.3 Å². The van der Waals surface area contributed by atoms with Crippen molar-refractivity contribution >= 4 is 35.1 Å². The summed E-state index contributed by atoms with van der Waals surface area (Å²) in [6.07, 6.45) is 2.81. The molecule has 3 atom stereocenters. The second-order valence-electron chi connectivity index (χ2n) is 13.0. The highest BCUT2D eigenvalue weighted by atomic mass is 19.1. The van der Waals surface area contributed by atoms with Crippen LogP contribution in [0.2, 0.25) is 0 Å². The maximum absolute atomic E-state index is 14.9. The van der Waals surface area contributed by atoms with Gasteiger partial charge in [0.2, 0.25) is 0 Å². The fourth-order valence-corrected chi connectivity index (χ4v) is 7.53. The van der Waals surface area contributed by atoms with Gasteiger partial charge in [0.05, 0.1) is 22.9 Å². The van der Waals surface area contributed by atoms with Gasteiger partial charge in [-0.3, -0.25) is 0 Å². The summed E-state index contributed by atoms with van der Waals surface area (Å²) in [6.45, 7) is 8.77. The maximum atomic E-state index is 14.9. The summed E-state index contributed by atoms with van der Waals surface area (Å²) in [5.41, 5.74) is 2.56. The number of hydrazone groups is 2. The van der Waals surface area contributed by atoms with Crippen LogP contribution in [-0.2, 0) is 13.0 Å². The third-order valence-corrected chi connectivity index (χ3v) is 9.66. The molecule has 51 heavy (non-hydrogen) atoms. The molecule has 1 fully saturated rings. The van der Waals surface area contributed by atoms with Crippen molar-refractivity contribution in [3.05, 3.63) is 83.8 Å². The predicted molar refractivity (Wildman–Crippen MR) is 185 cm³/mol. The number of nitrogens with zero attached hydrogens (tertiary/aromatic N) is 10. The van der Waals surface area contributed by atoms with Gasteiger partial charge in [-0.1, -0.05) is 13.5 Å². The molecule has 1 saturated heterocycles. The van der Waals surface area contributed by atoms with Gasteiger partial charge >= 0.3 is 6.10 Å². The molecule has 266 valence electrons. The van der Waals surface area contributed by atoms with Crippen LogP contribution >= 0.6 is 0 Å². The van der Waals surface area contributed by atoms with E-state index in [0.29, 0.717) is 84.1 Å². The van der Waals surface area contributed by atoms with Crippen LogP contribution in [-0.4, -0.2) is 94.3 Å². The van der Waals surface area contributed by atoms with Crippen molar-refractivity contribution in [2.24, 2.45) is 21.1 Å².